The Hall–Kier alpha value is -1.20. The molecule has 1 amide bonds. The number of unbranched alkanes of at least 4 members (excludes halogenated alkanes) is 1. The zero-order valence-corrected chi connectivity index (χ0v) is 11.5. The Morgan fingerprint density at radius 3 is 2.67 bits per heavy atom. The minimum atomic E-state index is -0.295. The predicted octanol–water partition coefficient (Wildman–Crippen LogP) is 2.20. The zero-order chi connectivity index (χ0) is 13.2. The SMILES string of the molecule is CCCCSCCOc1ccc(C(=O)NN)cc1. The maximum atomic E-state index is 11.2. The van der Waals surface area contributed by atoms with Crippen molar-refractivity contribution in [3.8, 4) is 5.75 Å². The molecule has 1 aromatic rings. The molecule has 0 aliphatic heterocycles. The molecule has 0 saturated carbocycles. The van der Waals surface area contributed by atoms with Gasteiger partial charge in [0.1, 0.15) is 5.75 Å². The van der Waals surface area contributed by atoms with Crippen LogP contribution in [0, 0.1) is 0 Å². The van der Waals surface area contributed by atoms with Crippen LogP contribution in [0.1, 0.15) is 30.1 Å². The minimum absolute atomic E-state index is 0.295. The van der Waals surface area contributed by atoms with Crippen LogP contribution in [0.5, 0.6) is 5.75 Å². The third-order valence-corrected chi connectivity index (χ3v) is 3.42. The number of carbonyl (C=O) groups is 1. The van der Waals surface area contributed by atoms with Gasteiger partial charge in [0.2, 0.25) is 0 Å². The van der Waals surface area contributed by atoms with E-state index in [1.54, 1.807) is 24.3 Å². The van der Waals surface area contributed by atoms with Crippen molar-refractivity contribution in [3.63, 3.8) is 0 Å². The number of rotatable bonds is 8. The molecule has 0 unspecified atom stereocenters. The number of benzene rings is 1. The molecule has 0 saturated heterocycles. The first-order chi connectivity index (χ1) is 8.77. The molecule has 5 heteroatoms. The molecule has 0 aliphatic rings. The second-order valence-electron chi connectivity index (χ2n) is 3.81. The Morgan fingerprint density at radius 1 is 1.33 bits per heavy atom. The number of thioether (sulfide) groups is 1. The van der Waals surface area contributed by atoms with Gasteiger partial charge in [-0.05, 0) is 36.4 Å². The molecule has 18 heavy (non-hydrogen) atoms. The normalized spacial score (nSPS) is 10.1. The van der Waals surface area contributed by atoms with E-state index in [1.807, 2.05) is 11.8 Å². The third-order valence-electron chi connectivity index (χ3n) is 2.39. The van der Waals surface area contributed by atoms with Crippen LogP contribution in [0.3, 0.4) is 0 Å². The van der Waals surface area contributed by atoms with Gasteiger partial charge in [0.25, 0.3) is 5.91 Å². The molecule has 0 heterocycles. The summed E-state index contributed by atoms with van der Waals surface area (Å²) in [5, 5.41) is 0. The fraction of sp³-hybridized carbons (Fsp3) is 0.462. The van der Waals surface area contributed by atoms with Gasteiger partial charge < -0.3 is 4.74 Å². The second kappa shape index (κ2) is 8.83. The van der Waals surface area contributed by atoms with Crippen LogP contribution in [0.25, 0.3) is 0 Å². The molecule has 0 fully saturated rings. The topological polar surface area (TPSA) is 64.3 Å². The van der Waals surface area contributed by atoms with Crippen LogP contribution >= 0.6 is 11.8 Å². The van der Waals surface area contributed by atoms with Crippen molar-refractivity contribution in [2.45, 2.75) is 19.8 Å². The van der Waals surface area contributed by atoms with Gasteiger partial charge in [-0.2, -0.15) is 11.8 Å². The number of nitrogen functional groups attached to an aromatic ring is 1. The molecule has 100 valence electrons. The van der Waals surface area contributed by atoms with E-state index in [2.05, 4.69) is 12.3 Å². The quantitative estimate of drug-likeness (QED) is 0.328. The van der Waals surface area contributed by atoms with Gasteiger partial charge in [-0.25, -0.2) is 5.84 Å². The van der Waals surface area contributed by atoms with Crippen molar-refractivity contribution >= 4 is 17.7 Å². The van der Waals surface area contributed by atoms with Crippen LogP contribution in [0.2, 0.25) is 0 Å². The van der Waals surface area contributed by atoms with Crippen molar-refractivity contribution in [2.75, 3.05) is 18.1 Å². The fourth-order valence-corrected chi connectivity index (χ4v) is 2.25. The highest BCUT2D eigenvalue weighted by Gasteiger charge is 2.02. The predicted molar refractivity (Wildman–Crippen MR) is 75.8 cm³/mol. The summed E-state index contributed by atoms with van der Waals surface area (Å²) in [6.45, 7) is 2.88. The van der Waals surface area contributed by atoms with Crippen molar-refractivity contribution in [3.05, 3.63) is 29.8 Å². The fourth-order valence-electron chi connectivity index (χ4n) is 1.35. The minimum Gasteiger partial charge on any atom is -0.493 e. The summed E-state index contributed by atoms with van der Waals surface area (Å²) in [5.74, 6) is 7.71. The summed E-state index contributed by atoms with van der Waals surface area (Å²) in [4.78, 5) is 11.2. The monoisotopic (exact) mass is 268 g/mol. The molecule has 0 aliphatic carbocycles. The van der Waals surface area contributed by atoms with Gasteiger partial charge in [0.05, 0.1) is 6.61 Å². The van der Waals surface area contributed by atoms with Gasteiger partial charge >= 0.3 is 0 Å². The molecular weight excluding hydrogens is 248 g/mol. The summed E-state index contributed by atoms with van der Waals surface area (Å²) >= 11 is 1.90. The number of hydrogen-bond acceptors (Lipinski definition) is 4. The summed E-state index contributed by atoms with van der Waals surface area (Å²) in [5.41, 5.74) is 2.62. The maximum Gasteiger partial charge on any atom is 0.265 e. The average molecular weight is 268 g/mol. The van der Waals surface area contributed by atoms with Gasteiger partial charge in [-0.3, -0.25) is 10.2 Å². The number of nitrogens with one attached hydrogen (secondary N) is 1. The van der Waals surface area contributed by atoms with Crippen LogP contribution in [0.15, 0.2) is 24.3 Å². The molecule has 0 bridgehead atoms. The Kier molecular flexibility index (Phi) is 7.29. The molecule has 3 N–H and O–H groups in total. The largest absolute Gasteiger partial charge is 0.493 e. The Labute approximate surface area is 112 Å². The number of amides is 1. The Balaban J connectivity index is 2.25. The van der Waals surface area contributed by atoms with Crippen molar-refractivity contribution in [2.24, 2.45) is 5.84 Å². The highest BCUT2D eigenvalue weighted by atomic mass is 32.2. The summed E-state index contributed by atoms with van der Waals surface area (Å²) < 4.78 is 5.57. The van der Waals surface area contributed by atoms with E-state index < -0.39 is 0 Å². The zero-order valence-electron chi connectivity index (χ0n) is 10.6. The summed E-state index contributed by atoms with van der Waals surface area (Å²) in [6, 6.07) is 6.95. The lowest BCUT2D eigenvalue weighted by molar-refractivity contribution is 0.0953. The van der Waals surface area contributed by atoms with E-state index >= 15 is 0 Å². The number of nitrogens with two attached hydrogens (primary N) is 1. The summed E-state index contributed by atoms with van der Waals surface area (Å²) in [7, 11) is 0. The molecule has 0 spiro atoms. The molecular formula is C13H20N2O2S. The highest BCUT2D eigenvalue weighted by Crippen LogP contribution is 2.13. The van der Waals surface area contributed by atoms with Crippen LogP contribution in [0.4, 0.5) is 0 Å². The van der Waals surface area contributed by atoms with Crippen LogP contribution < -0.4 is 16.0 Å². The van der Waals surface area contributed by atoms with Gasteiger partial charge in [-0.15, -0.1) is 0 Å². The van der Waals surface area contributed by atoms with Gasteiger partial charge in [0.15, 0.2) is 0 Å². The number of carbonyl (C=O) groups excluding carboxylic acids is 1. The number of hydrogen-bond donors (Lipinski definition) is 2. The third kappa shape index (κ3) is 5.42. The Morgan fingerprint density at radius 2 is 2.06 bits per heavy atom. The second-order valence-corrected chi connectivity index (χ2v) is 5.04. The van der Waals surface area contributed by atoms with E-state index in [0.717, 1.165) is 11.5 Å². The molecule has 1 rings (SSSR count). The first kappa shape index (κ1) is 14.9. The lowest BCUT2D eigenvalue weighted by atomic mass is 10.2. The highest BCUT2D eigenvalue weighted by molar-refractivity contribution is 7.99. The average Bonchev–Trinajstić information content (AvgIpc) is 2.42. The van der Waals surface area contributed by atoms with E-state index in [-0.39, 0.29) is 5.91 Å². The van der Waals surface area contributed by atoms with Crippen molar-refractivity contribution in [1.29, 1.82) is 0 Å². The standard InChI is InChI=1S/C13H20N2O2S/c1-2-3-9-18-10-8-17-12-6-4-11(5-7-12)13(16)15-14/h4-7H,2-3,8-10,14H2,1H3,(H,15,16). The molecule has 1 aromatic carbocycles. The van der Waals surface area contributed by atoms with Crippen molar-refractivity contribution < 1.29 is 9.53 Å². The number of ether oxygens (including phenoxy) is 1. The van der Waals surface area contributed by atoms with E-state index in [0.29, 0.717) is 12.2 Å². The Bertz CT molecular complexity index is 355. The lowest BCUT2D eigenvalue weighted by Gasteiger charge is -2.06. The van der Waals surface area contributed by atoms with E-state index in [4.69, 9.17) is 10.6 Å². The van der Waals surface area contributed by atoms with Crippen molar-refractivity contribution in [1.82, 2.24) is 5.43 Å². The van der Waals surface area contributed by atoms with Crippen LogP contribution in [-0.2, 0) is 0 Å². The molecule has 4 nitrogen and oxygen atoms in total. The van der Waals surface area contributed by atoms with Crippen LogP contribution in [-0.4, -0.2) is 24.0 Å². The molecule has 0 atom stereocenters. The first-order valence-corrected chi connectivity index (χ1v) is 7.25. The molecule has 0 radical (unpaired) electrons. The lowest BCUT2D eigenvalue weighted by Crippen LogP contribution is -2.29. The van der Waals surface area contributed by atoms with E-state index in [1.165, 1.54) is 18.6 Å². The summed E-state index contributed by atoms with van der Waals surface area (Å²) in [6.07, 6.45) is 2.49. The smallest absolute Gasteiger partial charge is 0.265 e. The van der Waals surface area contributed by atoms with E-state index in [9.17, 15) is 4.79 Å². The van der Waals surface area contributed by atoms with Gasteiger partial charge in [0, 0.05) is 11.3 Å². The maximum absolute atomic E-state index is 11.2. The van der Waals surface area contributed by atoms with Gasteiger partial charge in [-0.1, -0.05) is 13.3 Å². The first-order valence-electron chi connectivity index (χ1n) is 6.09. The number of hydrazine groups is 1. The molecule has 0 aromatic heterocycles.